The third-order valence-corrected chi connectivity index (χ3v) is 4.86. The first-order valence-electron chi connectivity index (χ1n) is 7.29. The zero-order valence-electron chi connectivity index (χ0n) is 11.9. The summed E-state index contributed by atoms with van der Waals surface area (Å²) in [5, 5.41) is 0. The van der Waals surface area contributed by atoms with E-state index in [1.54, 1.807) is 6.20 Å². The summed E-state index contributed by atoms with van der Waals surface area (Å²) in [7, 11) is 0. The van der Waals surface area contributed by atoms with Gasteiger partial charge < -0.3 is 15.4 Å². The first kappa shape index (κ1) is 14.0. The molecule has 2 aromatic heterocycles. The quantitative estimate of drug-likeness (QED) is 0.819. The highest BCUT2D eigenvalue weighted by atomic mass is 79.9. The number of hydrogen-bond donors (Lipinski definition) is 1. The lowest BCUT2D eigenvalue weighted by molar-refractivity contribution is -0.150. The highest BCUT2D eigenvalue weighted by Gasteiger charge is 2.36. The largest absolute Gasteiger partial charge is 0.382 e. The molecular weight excluding hydrogens is 350 g/mol. The molecule has 2 aromatic rings. The normalized spacial score (nSPS) is 25.5. The van der Waals surface area contributed by atoms with Gasteiger partial charge in [0.1, 0.15) is 22.6 Å². The van der Waals surface area contributed by atoms with Crippen LogP contribution in [0.1, 0.15) is 24.6 Å². The number of aromatic nitrogens is 3. The predicted octanol–water partition coefficient (Wildman–Crippen LogP) is 1.18. The van der Waals surface area contributed by atoms with Gasteiger partial charge in [-0.25, -0.2) is 9.97 Å². The van der Waals surface area contributed by atoms with E-state index in [0.717, 1.165) is 24.2 Å². The second-order valence-corrected chi connectivity index (χ2v) is 6.62. The zero-order chi connectivity index (χ0) is 15.3. The van der Waals surface area contributed by atoms with Gasteiger partial charge in [-0.2, -0.15) is 0 Å². The number of nitrogen functional groups attached to an aromatic ring is 1. The molecule has 2 N–H and O–H groups in total. The number of morpholine rings is 1. The van der Waals surface area contributed by atoms with Crippen molar-refractivity contribution in [3.8, 4) is 0 Å². The van der Waals surface area contributed by atoms with Crippen LogP contribution < -0.4 is 5.73 Å². The Bertz CT molecular complexity index is 746. The van der Waals surface area contributed by atoms with E-state index in [1.165, 1.54) is 0 Å². The Morgan fingerprint density at radius 1 is 1.41 bits per heavy atom. The fourth-order valence-electron chi connectivity index (χ4n) is 3.39. The van der Waals surface area contributed by atoms with Gasteiger partial charge in [-0.15, -0.1) is 0 Å². The Hall–Kier alpha value is -1.67. The summed E-state index contributed by atoms with van der Waals surface area (Å²) in [5.41, 5.74) is 6.74. The smallest absolute Gasteiger partial charge is 0.248 e. The third kappa shape index (κ3) is 2.17. The molecule has 2 aliphatic heterocycles. The van der Waals surface area contributed by atoms with Gasteiger partial charge in [0.15, 0.2) is 5.82 Å². The van der Waals surface area contributed by atoms with Gasteiger partial charge in [0.05, 0.1) is 18.8 Å². The number of piperidine rings is 1. The molecule has 0 spiro atoms. The fraction of sp³-hybridized carbons (Fsp3) is 0.500. The Morgan fingerprint density at radius 3 is 3.14 bits per heavy atom. The number of nitrogens with zero attached hydrogens (tertiary/aromatic N) is 4. The first-order valence-corrected chi connectivity index (χ1v) is 8.09. The summed E-state index contributed by atoms with van der Waals surface area (Å²) in [5.74, 6) is 1.66. The van der Waals surface area contributed by atoms with Gasteiger partial charge in [0.2, 0.25) is 5.91 Å². The monoisotopic (exact) mass is 365 g/mol. The van der Waals surface area contributed by atoms with Crippen LogP contribution in [0.25, 0.3) is 5.52 Å². The molecule has 0 saturated carbocycles. The van der Waals surface area contributed by atoms with Crippen LogP contribution in [0.5, 0.6) is 0 Å². The topological polar surface area (TPSA) is 85.8 Å². The number of rotatable bonds is 1. The number of imidazole rings is 1. The van der Waals surface area contributed by atoms with E-state index < -0.39 is 0 Å². The molecule has 4 heterocycles. The van der Waals surface area contributed by atoms with Crippen molar-refractivity contribution in [1.29, 1.82) is 0 Å². The van der Waals surface area contributed by atoms with E-state index in [4.69, 9.17) is 10.5 Å². The molecule has 2 aliphatic rings. The highest BCUT2D eigenvalue weighted by molar-refractivity contribution is 9.10. The van der Waals surface area contributed by atoms with Crippen LogP contribution in [0, 0.1) is 0 Å². The molecule has 1 amide bonds. The SMILES string of the molecule is Nc1nc(Br)cn2c([C@H]3CC[C@@H]4COCC(=O)N4C3)ncc12. The molecule has 0 unspecified atom stereocenters. The van der Waals surface area contributed by atoms with Crippen molar-refractivity contribution in [3.05, 3.63) is 22.8 Å². The molecule has 0 aliphatic carbocycles. The highest BCUT2D eigenvalue weighted by Crippen LogP contribution is 2.32. The number of carbonyl (C=O) groups is 1. The standard InChI is InChI=1S/C14H16BrN5O2/c15-11-5-20-10(13(16)18-11)3-17-14(20)8-1-2-9-6-22-7-12(21)19(9)4-8/h3,5,8-9H,1-2,4,6-7H2,(H2,16,18)/t8-,9+/m0/s1. The minimum Gasteiger partial charge on any atom is -0.382 e. The van der Waals surface area contributed by atoms with E-state index in [1.807, 2.05) is 15.5 Å². The number of fused-ring (bicyclic) bond motifs is 2. The first-order chi connectivity index (χ1) is 10.6. The van der Waals surface area contributed by atoms with Crippen LogP contribution in [0.4, 0.5) is 5.82 Å². The molecule has 2 atom stereocenters. The summed E-state index contributed by atoms with van der Waals surface area (Å²) in [6.45, 7) is 1.52. The molecule has 4 rings (SSSR count). The molecule has 116 valence electrons. The van der Waals surface area contributed by atoms with E-state index in [-0.39, 0.29) is 24.5 Å². The maximum Gasteiger partial charge on any atom is 0.248 e. The maximum absolute atomic E-state index is 12.1. The zero-order valence-corrected chi connectivity index (χ0v) is 13.5. The van der Waals surface area contributed by atoms with Crippen LogP contribution in [-0.4, -0.2) is 51.0 Å². The number of hydrogen-bond acceptors (Lipinski definition) is 5. The molecule has 2 fully saturated rings. The Kier molecular flexibility index (Phi) is 3.30. The Labute approximate surface area is 135 Å². The maximum atomic E-state index is 12.1. The average Bonchev–Trinajstić information content (AvgIpc) is 2.91. The number of anilines is 1. The van der Waals surface area contributed by atoms with Gasteiger partial charge in [0, 0.05) is 18.7 Å². The third-order valence-electron chi connectivity index (χ3n) is 4.48. The predicted molar refractivity (Wildman–Crippen MR) is 83.4 cm³/mol. The Balaban J connectivity index is 1.69. The second kappa shape index (κ2) is 5.20. The minimum atomic E-state index is 0.0733. The molecule has 22 heavy (non-hydrogen) atoms. The number of nitrogens with two attached hydrogens (primary N) is 1. The Morgan fingerprint density at radius 2 is 2.27 bits per heavy atom. The van der Waals surface area contributed by atoms with Crippen molar-refractivity contribution >= 4 is 33.2 Å². The van der Waals surface area contributed by atoms with Crippen molar-refractivity contribution in [2.24, 2.45) is 0 Å². The van der Waals surface area contributed by atoms with Gasteiger partial charge in [-0.05, 0) is 28.8 Å². The minimum absolute atomic E-state index is 0.0733. The number of carbonyl (C=O) groups excluding carboxylic acids is 1. The van der Waals surface area contributed by atoms with E-state index in [9.17, 15) is 4.79 Å². The van der Waals surface area contributed by atoms with Gasteiger partial charge in [0.25, 0.3) is 0 Å². The molecule has 0 bridgehead atoms. The number of halogens is 1. The van der Waals surface area contributed by atoms with Crippen molar-refractivity contribution in [2.75, 3.05) is 25.5 Å². The second-order valence-electron chi connectivity index (χ2n) is 5.81. The summed E-state index contributed by atoms with van der Waals surface area (Å²) in [6.07, 6.45) is 5.54. The number of amides is 1. The van der Waals surface area contributed by atoms with Gasteiger partial charge in [-0.1, -0.05) is 0 Å². The van der Waals surface area contributed by atoms with E-state index >= 15 is 0 Å². The van der Waals surface area contributed by atoms with Gasteiger partial charge in [-0.3, -0.25) is 9.20 Å². The van der Waals surface area contributed by atoms with E-state index in [2.05, 4.69) is 25.9 Å². The summed E-state index contributed by atoms with van der Waals surface area (Å²) < 4.78 is 7.98. The lowest BCUT2D eigenvalue weighted by Gasteiger charge is -2.41. The van der Waals surface area contributed by atoms with Crippen molar-refractivity contribution in [2.45, 2.75) is 24.8 Å². The van der Waals surface area contributed by atoms with Crippen LogP contribution in [0.2, 0.25) is 0 Å². The van der Waals surface area contributed by atoms with Crippen molar-refractivity contribution in [3.63, 3.8) is 0 Å². The van der Waals surface area contributed by atoms with Crippen LogP contribution >= 0.6 is 15.9 Å². The summed E-state index contributed by atoms with van der Waals surface area (Å²) >= 11 is 3.37. The molecule has 8 heteroatoms. The summed E-state index contributed by atoms with van der Waals surface area (Å²) in [6, 6.07) is 0.210. The summed E-state index contributed by atoms with van der Waals surface area (Å²) in [4.78, 5) is 22.7. The van der Waals surface area contributed by atoms with Gasteiger partial charge >= 0.3 is 0 Å². The average molecular weight is 366 g/mol. The van der Waals surface area contributed by atoms with Crippen LogP contribution in [-0.2, 0) is 9.53 Å². The molecular formula is C14H16BrN5O2. The molecule has 0 aromatic carbocycles. The lowest BCUT2D eigenvalue weighted by atomic mass is 9.91. The van der Waals surface area contributed by atoms with E-state index in [0.29, 0.717) is 23.6 Å². The van der Waals surface area contributed by atoms with Crippen LogP contribution in [0.15, 0.2) is 17.0 Å². The molecule has 2 saturated heterocycles. The lowest BCUT2D eigenvalue weighted by Crippen LogP contribution is -2.53. The van der Waals surface area contributed by atoms with Crippen LogP contribution in [0.3, 0.4) is 0 Å². The van der Waals surface area contributed by atoms with Crippen molar-refractivity contribution < 1.29 is 9.53 Å². The molecule has 7 nitrogen and oxygen atoms in total. The molecule has 0 radical (unpaired) electrons. The number of ether oxygens (including phenoxy) is 1. The fourth-order valence-corrected chi connectivity index (χ4v) is 3.79. The van der Waals surface area contributed by atoms with Crippen molar-refractivity contribution in [1.82, 2.24) is 19.3 Å².